The molecule has 0 radical (unpaired) electrons. The van der Waals surface area contributed by atoms with Crippen LogP contribution in [0.3, 0.4) is 0 Å². The number of methoxy groups -OCH3 is 1. The Hall–Kier alpha value is -3.51. The molecule has 1 fully saturated rings. The van der Waals surface area contributed by atoms with Crippen molar-refractivity contribution in [1.29, 1.82) is 0 Å². The van der Waals surface area contributed by atoms with Crippen molar-refractivity contribution in [3.8, 4) is 0 Å². The molecule has 1 unspecified atom stereocenters. The number of nitrogens with zero attached hydrogens (tertiary/aromatic N) is 3. The van der Waals surface area contributed by atoms with Gasteiger partial charge in [-0.25, -0.2) is 15.0 Å². The summed E-state index contributed by atoms with van der Waals surface area (Å²) >= 11 is 0. The Kier molecular flexibility index (Phi) is 6.10. The molecule has 6 rings (SSSR count). The van der Waals surface area contributed by atoms with Gasteiger partial charge in [-0.05, 0) is 80.6 Å². The molecule has 0 aromatic rings. The summed E-state index contributed by atoms with van der Waals surface area (Å²) < 4.78 is 5.59. The van der Waals surface area contributed by atoms with E-state index in [1.807, 2.05) is 0 Å². The monoisotopic (exact) mass is 508 g/mol. The smallest absolute Gasteiger partial charge is 0.106 e. The molecule has 38 heavy (non-hydrogen) atoms. The number of aliphatic imine (C=N–C) groups is 3. The predicted octanol–water partition coefficient (Wildman–Crippen LogP) is 6.86. The topological polar surface area (TPSA) is 78.6 Å². The van der Waals surface area contributed by atoms with Crippen molar-refractivity contribution in [2.75, 3.05) is 13.7 Å². The first-order valence-electron chi connectivity index (χ1n) is 13.8. The largest absolute Gasteiger partial charge is 0.511 e. The Bertz CT molecular complexity index is 1510. The number of rotatable bonds is 5. The van der Waals surface area contributed by atoms with Gasteiger partial charge < -0.3 is 15.2 Å². The number of aliphatic hydroxyl groups excluding tert-OH is 1. The van der Waals surface area contributed by atoms with E-state index in [4.69, 9.17) is 19.7 Å². The van der Waals surface area contributed by atoms with Crippen molar-refractivity contribution in [2.45, 2.75) is 66.7 Å². The Morgan fingerprint density at radius 1 is 0.947 bits per heavy atom. The number of nitrogens with one attached hydrogen (secondary N) is 1. The van der Waals surface area contributed by atoms with E-state index in [-0.39, 0.29) is 0 Å². The van der Waals surface area contributed by atoms with E-state index in [0.717, 1.165) is 93.5 Å². The van der Waals surface area contributed by atoms with Crippen molar-refractivity contribution in [3.05, 3.63) is 91.5 Å². The number of fused-ring (bicyclic) bond motifs is 5. The van der Waals surface area contributed by atoms with Gasteiger partial charge in [-0.15, -0.1) is 0 Å². The zero-order valence-corrected chi connectivity index (χ0v) is 23.2. The Morgan fingerprint density at radius 3 is 2.37 bits per heavy atom. The maximum Gasteiger partial charge on any atom is 0.106 e. The molecule has 196 valence electrons. The van der Waals surface area contributed by atoms with Crippen LogP contribution in [-0.2, 0) is 4.74 Å². The van der Waals surface area contributed by atoms with Gasteiger partial charge in [0.15, 0.2) is 0 Å². The number of aliphatic hydroxyl groups is 1. The second kappa shape index (κ2) is 9.35. The van der Waals surface area contributed by atoms with Crippen molar-refractivity contribution in [3.63, 3.8) is 0 Å². The van der Waals surface area contributed by atoms with Crippen molar-refractivity contribution < 1.29 is 9.84 Å². The van der Waals surface area contributed by atoms with Crippen LogP contribution in [0.15, 0.2) is 106 Å². The van der Waals surface area contributed by atoms with Gasteiger partial charge in [-0.1, -0.05) is 20.3 Å². The first-order chi connectivity index (χ1) is 18.3. The van der Waals surface area contributed by atoms with Gasteiger partial charge in [0.2, 0.25) is 0 Å². The third-order valence-electron chi connectivity index (χ3n) is 8.55. The average Bonchev–Trinajstić information content (AvgIpc) is 3.65. The maximum absolute atomic E-state index is 11.1. The number of ether oxygens (including phenoxy) is 1. The standard InChI is InChI=1S/C32H36N4O2/c1-7-9-19-10-20-11-24-17(4)23(15-38-6)28(34-24)13-25-16(3)21(8-2)27(35-25)14-26-18(5)30-29(37)12-22(31(19)33-20)32(30)36-26/h11,13-14,19,33,37H,7-10,12,15H2,1-6H3. The summed E-state index contributed by atoms with van der Waals surface area (Å²) in [5.41, 5.74) is 15.6. The molecule has 0 aromatic carbocycles. The van der Waals surface area contributed by atoms with Crippen LogP contribution in [0.4, 0.5) is 0 Å². The highest BCUT2D eigenvalue weighted by molar-refractivity contribution is 6.21. The molecule has 0 aromatic heterocycles. The number of allylic oxidation sites excluding steroid dienone is 11. The van der Waals surface area contributed by atoms with E-state index >= 15 is 0 Å². The molecule has 0 amide bonds. The summed E-state index contributed by atoms with van der Waals surface area (Å²) in [7, 11) is 1.73. The lowest BCUT2D eigenvalue weighted by molar-refractivity contribution is 0.227. The first-order valence-corrected chi connectivity index (χ1v) is 13.8. The molecular formula is C32H36N4O2. The fraction of sp³-hybridized carbons (Fsp3) is 0.406. The Balaban J connectivity index is 1.60. The Labute approximate surface area is 225 Å². The van der Waals surface area contributed by atoms with E-state index in [2.05, 4.69) is 58.2 Å². The fourth-order valence-electron chi connectivity index (χ4n) is 6.52. The van der Waals surface area contributed by atoms with Gasteiger partial charge in [0.25, 0.3) is 0 Å². The van der Waals surface area contributed by atoms with Crippen LogP contribution in [-0.4, -0.2) is 36.0 Å². The Morgan fingerprint density at radius 2 is 1.66 bits per heavy atom. The molecule has 1 atom stereocenters. The molecule has 6 heteroatoms. The third-order valence-corrected chi connectivity index (χ3v) is 8.55. The average molecular weight is 509 g/mol. The first kappa shape index (κ1) is 24.8. The lowest BCUT2D eigenvalue weighted by atomic mass is 9.93. The highest BCUT2D eigenvalue weighted by Gasteiger charge is 2.38. The second-order valence-corrected chi connectivity index (χ2v) is 10.9. The quantitative estimate of drug-likeness (QED) is 0.426. The molecular weight excluding hydrogens is 472 g/mol. The summed E-state index contributed by atoms with van der Waals surface area (Å²) in [6.45, 7) is 11.2. The zero-order chi connectivity index (χ0) is 26.7. The number of hydrogen-bond donors (Lipinski definition) is 2. The van der Waals surface area contributed by atoms with Gasteiger partial charge in [0, 0.05) is 47.6 Å². The van der Waals surface area contributed by atoms with Crippen LogP contribution >= 0.6 is 0 Å². The van der Waals surface area contributed by atoms with E-state index < -0.39 is 0 Å². The summed E-state index contributed by atoms with van der Waals surface area (Å²) in [6.07, 6.45) is 10.9. The minimum Gasteiger partial charge on any atom is -0.511 e. The molecule has 1 saturated heterocycles. The van der Waals surface area contributed by atoms with Crippen LogP contribution < -0.4 is 5.32 Å². The highest BCUT2D eigenvalue weighted by Crippen LogP contribution is 2.44. The van der Waals surface area contributed by atoms with E-state index in [9.17, 15) is 5.11 Å². The molecule has 5 aliphatic heterocycles. The van der Waals surface area contributed by atoms with E-state index in [1.54, 1.807) is 7.11 Å². The SMILES string of the molecule is CCCC1CC2=CC3=NC(=CC4=NC(=CC5=C(C)C6=C(O)CC(=C1N2)C6=N5)C(CC)=C4C)C(COC)=C3C. The molecule has 1 aliphatic carbocycles. The lowest BCUT2D eigenvalue weighted by Gasteiger charge is -2.13. The lowest BCUT2D eigenvalue weighted by Crippen LogP contribution is -2.14. The minimum atomic E-state index is 0.369. The summed E-state index contributed by atoms with van der Waals surface area (Å²) in [5, 5.41) is 14.8. The number of hydrogen-bond acceptors (Lipinski definition) is 6. The minimum absolute atomic E-state index is 0.369. The summed E-state index contributed by atoms with van der Waals surface area (Å²) in [4.78, 5) is 15.3. The zero-order valence-electron chi connectivity index (χ0n) is 23.2. The molecule has 8 bridgehead atoms. The maximum atomic E-state index is 11.1. The van der Waals surface area contributed by atoms with Crippen molar-refractivity contribution in [2.24, 2.45) is 20.9 Å². The van der Waals surface area contributed by atoms with Crippen LogP contribution in [0.1, 0.15) is 66.7 Å². The van der Waals surface area contributed by atoms with Gasteiger partial charge in [0.05, 0.1) is 40.8 Å². The molecule has 0 saturated carbocycles. The van der Waals surface area contributed by atoms with Gasteiger partial charge in [0.1, 0.15) is 5.76 Å². The van der Waals surface area contributed by atoms with Gasteiger partial charge >= 0.3 is 0 Å². The van der Waals surface area contributed by atoms with Crippen LogP contribution in [0.5, 0.6) is 0 Å². The third kappa shape index (κ3) is 3.77. The molecule has 6 nitrogen and oxygen atoms in total. The molecule has 6 aliphatic rings. The molecule has 5 heterocycles. The van der Waals surface area contributed by atoms with Crippen LogP contribution in [0.2, 0.25) is 0 Å². The fourth-order valence-corrected chi connectivity index (χ4v) is 6.52. The highest BCUT2D eigenvalue weighted by atomic mass is 16.5. The van der Waals surface area contributed by atoms with Gasteiger partial charge in [-0.2, -0.15) is 0 Å². The van der Waals surface area contributed by atoms with Crippen LogP contribution in [0, 0.1) is 5.92 Å². The van der Waals surface area contributed by atoms with Crippen molar-refractivity contribution in [1.82, 2.24) is 5.32 Å². The van der Waals surface area contributed by atoms with E-state index in [1.165, 1.54) is 16.8 Å². The summed E-state index contributed by atoms with van der Waals surface area (Å²) in [5.74, 6) is 0.787. The van der Waals surface area contributed by atoms with Crippen molar-refractivity contribution >= 4 is 17.1 Å². The second-order valence-electron chi connectivity index (χ2n) is 10.9. The predicted molar refractivity (Wildman–Crippen MR) is 154 cm³/mol. The normalized spacial score (nSPS) is 24.3. The van der Waals surface area contributed by atoms with Gasteiger partial charge in [-0.3, -0.25) is 0 Å². The summed E-state index contributed by atoms with van der Waals surface area (Å²) in [6, 6.07) is 0. The molecule has 2 N–H and O–H groups in total. The van der Waals surface area contributed by atoms with E-state index in [0.29, 0.717) is 24.7 Å². The van der Waals surface area contributed by atoms with Crippen LogP contribution in [0.25, 0.3) is 0 Å². The molecule has 0 spiro atoms.